The number of benzene rings is 1. The first-order valence-corrected chi connectivity index (χ1v) is 6.90. The summed E-state index contributed by atoms with van der Waals surface area (Å²) in [7, 11) is 0. The Morgan fingerprint density at radius 2 is 1.79 bits per heavy atom. The Kier molecular flexibility index (Phi) is 4.27. The van der Waals surface area contributed by atoms with E-state index in [0.29, 0.717) is 17.5 Å². The van der Waals surface area contributed by atoms with E-state index >= 15 is 0 Å². The van der Waals surface area contributed by atoms with Gasteiger partial charge in [0.2, 0.25) is 0 Å². The van der Waals surface area contributed by atoms with Gasteiger partial charge in [0.05, 0.1) is 23.5 Å². The van der Waals surface area contributed by atoms with Crippen LogP contribution >= 0.6 is 11.6 Å². The van der Waals surface area contributed by atoms with Crippen LogP contribution in [0.25, 0.3) is 0 Å². The lowest BCUT2D eigenvalue weighted by Crippen LogP contribution is -2.19. The van der Waals surface area contributed by atoms with Gasteiger partial charge in [0.15, 0.2) is 0 Å². The van der Waals surface area contributed by atoms with E-state index in [0.717, 1.165) is 11.3 Å². The maximum Gasteiger partial charge on any atom is 0.0814 e. The number of aromatic nitrogens is 2. The van der Waals surface area contributed by atoms with E-state index in [2.05, 4.69) is 43.2 Å². The Morgan fingerprint density at radius 3 is 2.26 bits per heavy atom. The van der Waals surface area contributed by atoms with Crippen LogP contribution in [0, 0.1) is 6.92 Å². The minimum atomic E-state index is -0.0733. The van der Waals surface area contributed by atoms with Crippen LogP contribution < -0.4 is 5.73 Å². The van der Waals surface area contributed by atoms with E-state index in [9.17, 15) is 0 Å². The lowest BCUT2D eigenvalue weighted by Gasteiger charge is -2.14. The average molecular weight is 278 g/mol. The zero-order valence-electron chi connectivity index (χ0n) is 11.6. The minimum Gasteiger partial charge on any atom is -0.322 e. The average Bonchev–Trinajstić information content (AvgIpc) is 2.71. The van der Waals surface area contributed by atoms with Crippen molar-refractivity contribution < 1.29 is 0 Å². The lowest BCUT2D eigenvalue weighted by atomic mass is 9.99. The maximum absolute atomic E-state index is 6.23. The molecule has 0 fully saturated rings. The molecule has 1 atom stereocenters. The molecular formula is C15H20ClN3. The van der Waals surface area contributed by atoms with E-state index in [-0.39, 0.29) is 6.04 Å². The van der Waals surface area contributed by atoms with Gasteiger partial charge in [0, 0.05) is 6.04 Å². The molecule has 0 spiro atoms. The molecule has 0 aliphatic carbocycles. The van der Waals surface area contributed by atoms with Crippen molar-refractivity contribution in [1.82, 2.24) is 9.78 Å². The van der Waals surface area contributed by atoms with Crippen LogP contribution in [0.2, 0.25) is 5.02 Å². The highest BCUT2D eigenvalue weighted by Crippen LogP contribution is 2.20. The Labute approximate surface area is 119 Å². The molecule has 1 aromatic heterocycles. The van der Waals surface area contributed by atoms with Crippen molar-refractivity contribution in [3.8, 4) is 0 Å². The molecule has 2 N–H and O–H groups in total. The zero-order valence-corrected chi connectivity index (χ0v) is 12.4. The highest BCUT2D eigenvalue weighted by Gasteiger charge is 2.11. The smallest absolute Gasteiger partial charge is 0.0814 e. The van der Waals surface area contributed by atoms with Crippen molar-refractivity contribution in [3.63, 3.8) is 0 Å². The molecule has 4 heteroatoms. The van der Waals surface area contributed by atoms with Gasteiger partial charge in [-0.2, -0.15) is 5.10 Å². The molecule has 0 amide bonds. The second kappa shape index (κ2) is 5.76. The summed E-state index contributed by atoms with van der Waals surface area (Å²) in [5.41, 5.74) is 9.63. The van der Waals surface area contributed by atoms with Gasteiger partial charge in [0.25, 0.3) is 0 Å². The molecule has 19 heavy (non-hydrogen) atoms. The number of hydrogen-bond donors (Lipinski definition) is 1. The van der Waals surface area contributed by atoms with Gasteiger partial charge in [-0.25, -0.2) is 0 Å². The van der Waals surface area contributed by atoms with Gasteiger partial charge in [-0.1, -0.05) is 49.7 Å². The van der Waals surface area contributed by atoms with Crippen molar-refractivity contribution in [2.24, 2.45) is 5.73 Å². The molecule has 1 unspecified atom stereocenters. The van der Waals surface area contributed by atoms with Crippen LogP contribution in [-0.4, -0.2) is 9.78 Å². The number of rotatable bonds is 4. The minimum absolute atomic E-state index is 0.0733. The molecule has 0 aliphatic rings. The molecule has 102 valence electrons. The molecule has 0 saturated carbocycles. The van der Waals surface area contributed by atoms with Crippen molar-refractivity contribution in [2.75, 3.05) is 0 Å². The van der Waals surface area contributed by atoms with Crippen molar-refractivity contribution in [3.05, 3.63) is 52.3 Å². The molecule has 3 nitrogen and oxygen atoms in total. The van der Waals surface area contributed by atoms with Gasteiger partial charge in [-0.05, 0) is 24.0 Å². The number of nitrogens with two attached hydrogens (primary N) is 1. The predicted octanol–water partition coefficient (Wildman–Crippen LogP) is 3.67. The molecule has 2 aromatic rings. The summed E-state index contributed by atoms with van der Waals surface area (Å²) in [6.07, 6.45) is 1.66. The summed E-state index contributed by atoms with van der Waals surface area (Å²) in [4.78, 5) is 0. The summed E-state index contributed by atoms with van der Waals surface area (Å²) in [6.45, 7) is 6.96. The largest absolute Gasteiger partial charge is 0.322 e. The third-order valence-corrected chi connectivity index (χ3v) is 3.82. The quantitative estimate of drug-likeness (QED) is 0.927. The molecule has 0 saturated heterocycles. The van der Waals surface area contributed by atoms with E-state index < -0.39 is 0 Å². The van der Waals surface area contributed by atoms with Crippen LogP contribution in [0.1, 0.15) is 42.6 Å². The first-order chi connectivity index (χ1) is 8.99. The highest BCUT2D eigenvalue weighted by molar-refractivity contribution is 6.31. The van der Waals surface area contributed by atoms with Crippen LogP contribution in [-0.2, 0) is 6.54 Å². The summed E-state index contributed by atoms with van der Waals surface area (Å²) in [6, 6.07) is 8.41. The fourth-order valence-corrected chi connectivity index (χ4v) is 2.17. The van der Waals surface area contributed by atoms with E-state index in [1.165, 1.54) is 5.56 Å². The fraction of sp³-hybridized carbons (Fsp3) is 0.400. The lowest BCUT2D eigenvalue weighted by molar-refractivity contribution is 0.517. The van der Waals surface area contributed by atoms with Gasteiger partial charge >= 0.3 is 0 Å². The number of nitrogens with zero attached hydrogens (tertiary/aromatic N) is 2. The predicted molar refractivity (Wildman–Crippen MR) is 79.4 cm³/mol. The second-order valence-corrected chi connectivity index (χ2v) is 5.60. The van der Waals surface area contributed by atoms with Gasteiger partial charge < -0.3 is 5.73 Å². The monoisotopic (exact) mass is 277 g/mol. The SMILES string of the molecule is Cc1c(Cl)cnn1CC(N)c1ccc(C(C)C)cc1. The maximum atomic E-state index is 6.23. The van der Waals surface area contributed by atoms with Crippen LogP contribution in [0.4, 0.5) is 0 Å². The standard InChI is InChI=1S/C15H20ClN3/c1-10(2)12-4-6-13(7-5-12)15(17)9-19-11(3)14(16)8-18-19/h4-8,10,15H,9,17H2,1-3H3. The van der Waals surface area contributed by atoms with Gasteiger partial charge in [-0.15, -0.1) is 0 Å². The van der Waals surface area contributed by atoms with E-state index in [1.807, 2.05) is 11.6 Å². The molecular weight excluding hydrogens is 258 g/mol. The molecule has 1 aromatic carbocycles. The topological polar surface area (TPSA) is 43.8 Å². The first-order valence-electron chi connectivity index (χ1n) is 6.52. The third-order valence-electron chi connectivity index (χ3n) is 3.44. The van der Waals surface area contributed by atoms with Crippen molar-refractivity contribution in [1.29, 1.82) is 0 Å². The molecule has 0 bridgehead atoms. The van der Waals surface area contributed by atoms with E-state index in [4.69, 9.17) is 17.3 Å². The Morgan fingerprint density at radius 1 is 1.21 bits per heavy atom. The first kappa shape index (κ1) is 14.1. The van der Waals surface area contributed by atoms with E-state index in [1.54, 1.807) is 6.20 Å². The van der Waals surface area contributed by atoms with Crippen molar-refractivity contribution >= 4 is 11.6 Å². The van der Waals surface area contributed by atoms with Gasteiger partial charge in [0.1, 0.15) is 0 Å². The Bertz CT molecular complexity index is 543. The summed E-state index contributed by atoms with van der Waals surface area (Å²) < 4.78 is 1.85. The zero-order chi connectivity index (χ0) is 14.0. The normalized spacial score (nSPS) is 12.9. The summed E-state index contributed by atoms with van der Waals surface area (Å²) in [5.74, 6) is 0.539. The van der Waals surface area contributed by atoms with Crippen LogP contribution in [0.5, 0.6) is 0 Å². The van der Waals surface area contributed by atoms with Gasteiger partial charge in [-0.3, -0.25) is 4.68 Å². The highest BCUT2D eigenvalue weighted by atomic mass is 35.5. The number of hydrogen-bond acceptors (Lipinski definition) is 2. The van der Waals surface area contributed by atoms with Crippen molar-refractivity contribution in [2.45, 2.75) is 39.3 Å². The fourth-order valence-electron chi connectivity index (χ4n) is 2.03. The third kappa shape index (κ3) is 3.17. The Balaban J connectivity index is 2.11. The second-order valence-electron chi connectivity index (χ2n) is 5.19. The van der Waals surface area contributed by atoms with Crippen LogP contribution in [0.3, 0.4) is 0 Å². The Hall–Kier alpha value is -1.32. The number of halogens is 1. The molecule has 0 aliphatic heterocycles. The molecule has 0 radical (unpaired) electrons. The molecule has 1 heterocycles. The van der Waals surface area contributed by atoms with Crippen LogP contribution in [0.15, 0.2) is 30.5 Å². The summed E-state index contributed by atoms with van der Waals surface area (Å²) >= 11 is 5.99. The molecule has 2 rings (SSSR count). The summed E-state index contributed by atoms with van der Waals surface area (Å²) in [5, 5.41) is 4.91.